The minimum Gasteiger partial charge on any atom is -0.497 e. The fourth-order valence-corrected chi connectivity index (χ4v) is 3.08. The van der Waals surface area contributed by atoms with E-state index in [2.05, 4.69) is 15.4 Å². The molecule has 27 heavy (non-hydrogen) atoms. The maximum atomic E-state index is 12.9. The number of hydrogen-bond acceptors (Lipinski definition) is 7. The molecule has 1 aliphatic rings. The Kier molecular flexibility index (Phi) is 5.63. The van der Waals surface area contributed by atoms with Gasteiger partial charge in [0.2, 0.25) is 5.95 Å². The van der Waals surface area contributed by atoms with Crippen LogP contribution in [0, 0.1) is 0 Å². The van der Waals surface area contributed by atoms with Crippen molar-refractivity contribution >= 4 is 11.9 Å². The van der Waals surface area contributed by atoms with Crippen molar-refractivity contribution in [1.82, 2.24) is 14.8 Å². The Bertz CT molecular complexity index is 859. The van der Waals surface area contributed by atoms with Crippen LogP contribution in [-0.4, -0.2) is 41.6 Å². The van der Waals surface area contributed by atoms with Crippen molar-refractivity contribution < 1.29 is 19.0 Å². The van der Waals surface area contributed by atoms with Crippen LogP contribution in [0.4, 0.5) is 5.95 Å². The first-order valence-electron chi connectivity index (χ1n) is 8.87. The van der Waals surface area contributed by atoms with Crippen LogP contribution in [-0.2, 0) is 9.53 Å². The van der Waals surface area contributed by atoms with Crippen LogP contribution in [0.25, 0.3) is 0 Å². The highest BCUT2D eigenvalue weighted by molar-refractivity contribution is 5.92. The van der Waals surface area contributed by atoms with Gasteiger partial charge in [-0.3, -0.25) is 0 Å². The lowest BCUT2D eigenvalue weighted by Crippen LogP contribution is -2.30. The molecule has 0 spiro atoms. The molecule has 2 aromatic rings. The van der Waals surface area contributed by atoms with Crippen molar-refractivity contribution in [1.29, 1.82) is 0 Å². The summed E-state index contributed by atoms with van der Waals surface area (Å²) in [5.41, 5.74) is 1.88. The predicted molar refractivity (Wildman–Crippen MR) is 99.9 cm³/mol. The molecule has 3 rings (SSSR count). The first-order valence-corrected chi connectivity index (χ1v) is 8.87. The topological polar surface area (TPSA) is 87.5 Å². The van der Waals surface area contributed by atoms with E-state index in [-0.39, 0.29) is 5.97 Å². The Morgan fingerprint density at radius 3 is 2.81 bits per heavy atom. The van der Waals surface area contributed by atoms with Gasteiger partial charge in [0.05, 0.1) is 26.4 Å². The van der Waals surface area contributed by atoms with Gasteiger partial charge in [-0.05, 0) is 31.5 Å². The van der Waals surface area contributed by atoms with Crippen LogP contribution < -0.4 is 14.8 Å². The minimum absolute atomic E-state index is 0.373. The molecule has 144 valence electrons. The van der Waals surface area contributed by atoms with Crippen molar-refractivity contribution in [3.8, 4) is 11.5 Å². The van der Waals surface area contributed by atoms with Crippen molar-refractivity contribution in [2.45, 2.75) is 32.7 Å². The summed E-state index contributed by atoms with van der Waals surface area (Å²) in [5.74, 6) is 1.44. The van der Waals surface area contributed by atoms with Gasteiger partial charge < -0.3 is 19.5 Å². The van der Waals surface area contributed by atoms with Gasteiger partial charge in [0.25, 0.3) is 0 Å². The van der Waals surface area contributed by atoms with Gasteiger partial charge in [-0.25, -0.2) is 9.48 Å². The summed E-state index contributed by atoms with van der Waals surface area (Å²) in [6.45, 7) is 4.25. The molecular weight excluding hydrogens is 348 g/mol. The molecular formula is C19H24N4O4. The van der Waals surface area contributed by atoms with Gasteiger partial charge >= 0.3 is 5.97 Å². The summed E-state index contributed by atoms with van der Waals surface area (Å²) in [6.07, 6.45) is 3.21. The lowest BCUT2D eigenvalue weighted by molar-refractivity contribution is -0.139. The summed E-state index contributed by atoms with van der Waals surface area (Å²) in [4.78, 5) is 17.1. The Morgan fingerprint density at radius 1 is 1.30 bits per heavy atom. The molecule has 8 nitrogen and oxygen atoms in total. The number of hydrogen-bond donors (Lipinski definition) is 1. The maximum absolute atomic E-state index is 12.9. The van der Waals surface area contributed by atoms with E-state index in [0.29, 0.717) is 35.3 Å². The van der Waals surface area contributed by atoms with E-state index < -0.39 is 6.04 Å². The highest BCUT2D eigenvalue weighted by Crippen LogP contribution is 2.40. The normalized spacial score (nSPS) is 15.8. The van der Waals surface area contributed by atoms with Gasteiger partial charge in [0, 0.05) is 11.3 Å². The van der Waals surface area contributed by atoms with Crippen LogP contribution in [0.15, 0.2) is 35.8 Å². The SMILES string of the molecule is CCCCOC(=O)C1=C(C)Nc2ncnn2[C@@H]1c1cc(OC)ccc1OC. The second kappa shape index (κ2) is 8.11. The molecule has 8 heteroatoms. The highest BCUT2D eigenvalue weighted by atomic mass is 16.5. The van der Waals surface area contributed by atoms with E-state index in [1.54, 1.807) is 18.9 Å². The number of unbranched alkanes of at least 4 members (excludes halogenated alkanes) is 1. The van der Waals surface area contributed by atoms with Gasteiger partial charge in [0.15, 0.2) is 0 Å². The van der Waals surface area contributed by atoms with Crippen LogP contribution >= 0.6 is 0 Å². The summed E-state index contributed by atoms with van der Waals surface area (Å²) in [7, 11) is 3.18. The number of esters is 1. The van der Waals surface area contributed by atoms with E-state index in [0.717, 1.165) is 18.4 Å². The number of methoxy groups -OCH3 is 2. The average Bonchev–Trinajstić information content (AvgIpc) is 3.14. The maximum Gasteiger partial charge on any atom is 0.338 e. The molecule has 1 aromatic heterocycles. The fourth-order valence-electron chi connectivity index (χ4n) is 3.08. The van der Waals surface area contributed by atoms with Gasteiger partial charge in [-0.1, -0.05) is 13.3 Å². The number of carbonyl (C=O) groups is 1. The van der Waals surface area contributed by atoms with Crippen molar-refractivity contribution in [3.05, 3.63) is 41.4 Å². The molecule has 0 bridgehead atoms. The molecule has 0 unspecified atom stereocenters. The summed E-state index contributed by atoms with van der Waals surface area (Å²) >= 11 is 0. The number of carbonyl (C=O) groups excluding carboxylic acids is 1. The molecule has 1 atom stereocenters. The Morgan fingerprint density at radius 2 is 2.11 bits per heavy atom. The monoisotopic (exact) mass is 372 g/mol. The van der Waals surface area contributed by atoms with Crippen LogP contribution in [0.1, 0.15) is 38.3 Å². The number of fused-ring (bicyclic) bond motifs is 1. The van der Waals surface area contributed by atoms with Crippen molar-refractivity contribution in [2.75, 3.05) is 26.1 Å². The van der Waals surface area contributed by atoms with Gasteiger partial charge in [0.1, 0.15) is 23.9 Å². The number of allylic oxidation sites excluding steroid dienone is 1. The summed E-state index contributed by atoms with van der Waals surface area (Å²) in [5, 5.41) is 7.44. The first kappa shape index (κ1) is 18.8. The number of nitrogens with zero attached hydrogens (tertiary/aromatic N) is 3. The molecule has 0 amide bonds. The summed E-state index contributed by atoms with van der Waals surface area (Å²) in [6, 6.07) is 4.92. The minimum atomic E-state index is -0.539. The Hall–Kier alpha value is -3.03. The smallest absolute Gasteiger partial charge is 0.338 e. The van der Waals surface area contributed by atoms with E-state index >= 15 is 0 Å². The van der Waals surface area contributed by atoms with Gasteiger partial charge in [-0.2, -0.15) is 10.1 Å². The van der Waals surface area contributed by atoms with Crippen LogP contribution in [0.3, 0.4) is 0 Å². The molecule has 1 aliphatic heterocycles. The average molecular weight is 372 g/mol. The molecule has 0 fully saturated rings. The van der Waals surface area contributed by atoms with E-state index in [4.69, 9.17) is 14.2 Å². The lowest BCUT2D eigenvalue weighted by atomic mass is 9.94. The van der Waals surface area contributed by atoms with Crippen LogP contribution in [0.5, 0.6) is 11.5 Å². The van der Waals surface area contributed by atoms with Crippen molar-refractivity contribution in [3.63, 3.8) is 0 Å². The Balaban J connectivity index is 2.10. The molecule has 0 saturated heterocycles. The van der Waals surface area contributed by atoms with E-state index in [1.807, 2.05) is 32.0 Å². The second-order valence-electron chi connectivity index (χ2n) is 6.19. The number of rotatable bonds is 7. The number of benzene rings is 1. The molecule has 0 saturated carbocycles. The number of anilines is 1. The molecule has 0 aliphatic carbocycles. The third kappa shape index (κ3) is 3.60. The fraction of sp³-hybridized carbons (Fsp3) is 0.421. The standard InChI is InChI=1S/C19H24N4O4/c1-5-6-9-27-18(24)16-12(2)22-19-20-11-21-23(19)17(16)14-10-13(25-3)7-8-15(14)26-4/h7-8,10-11,17H,5-6,9H2,1-4H3,(H,20,21,22)/t17-/m1/s1. The van der Waals surface area contributed by atoms with Crippen LogP contribution in [0.2, 0.25) is 0 Å². The quantitative estimate of drug-likeness (QED) is 0.590. The van der Waals surface area contributed by atoms with E-state index in [1.165, 1.54) is 6.33 Å². The van der Waals surface area contributed by atoms with Crippen molar-refractivity contribution in [2.24, 2.45) is 0 Å². The molecule has 2 heterocycles. The summed E-state index contributed by atoms with van der Waals surface area (Å²) < 4.78 is 18.1. The predicted octanol–water partition coefficient (Wildman–Crippen LogP) is 2.93. The first-order chi connectivity index (χ1) is 13.1. The zero-order valence-corrected chi connectivity index (χ0v) is 16.0. The largest absolute Gasteiger partial charge is 0.497 e. The Labute approximate surface area is 158 Å². The number of nitrogens with one attached hydrogen (secondary N) is 1. The zero-order chi connectivity index (χ0) is 19.4. The second-order valence-corrected chi connectivity index (χ2v) is 6.19. The molecule has 0 radical (unpaired) electrons. The number of ether oxygens (including phenoxy) is 3. The zero-order valence-electron chi connectivity index (χ0n) is 16.0. The number of aromatic nitrogens is 3. The lowest BCUT2D eigenvalue weighted by Gasteiger charge is -2.29. The third-order valence-electron chi connectivity index (χ3n) is 4.48. The third-order valence-corrected chi connectivity index (χ3v) is 4.48. The molecule has 1 aromatic carbocycles. The highest BCUT2D eigenvalue weighted by Gasteiger charge is 2.36. The molecule has 1 N–H and O–H groups in total. The van der Waals surface area contributed by atoms with Gasteiger partial charge in [-0.15, -0.1) is 0 Å². The van der Waals surface area contributed by atoms with E-state index in [9.17, 15) is 4.79 Å².